The second-order valence-corrected chi connectivity index (χ2v) is 7.23. The maximum atomic E-state index is 13.8. The molecule has 0 bridgehead atoms. The van der Waals surface area contributed by atoms with Crippen LogP contribution in [0.3, 0.4) is 0 Å². The van der Waals surface area contributed by atoms with E-state index >= 15 is 0 Å². The molecule has 3 aromatic carbocycles. The molecular weight excluding hydrogens is 437 g/mol. The first-order valence-corrected chi connectivity index (χ1v) is 10.1. The third kappa shape index (κ3) is 4.13. The number of methoxy groups -OCH3 is 2. The first-order valence-electron chi connectivity index (χ1n) is 10.1. The smallest absolute Gasteiger partial charge is 0.420 e. The van der Waals surface area contributed by atoms with Gasteiger partial charge in [-0.1, -0.05) is 25.1 Å². The number of nitrogens with one attached hydrogen (secondary N) is 1. The van der Waals surface area contributed by atoms with E-state index in [0.29, 0.717) is 23.6 Å². The summed E-state index contributed by atoms with van der Waals surface area (Å²) in [5, 5.41) is 0. The van der Waals surface area contributed by atoms with Crippen molar-refractivity contribution in [1.29, 1.82) is 0 Å². The van der Waals surface area contributed by atoms with Gasteiger partial charge in [0.05, 0.1) is 30.9 Å². The molecule has 33 heavy (non-hydrogen) atoms. The highest BCUT2D eigenvalue weighted by atomic mass is 19.4. The van der Waals surface area contributed by atoms with E-state index in [1.807, 2.05) is 6.92 Å². The Kier molecular flexibility index (Phi) is 5.80. The number of aromatic amines is 1. The fraction of sp³-hybridized carbons (Fsp3) is 0.208. The van der Waals surface area contributed by atoms with Crippen LogP contribution in [0.25, 0.3) is 16.7 Å². The van der Waals surface area contributed by atoms with Gasteiger partial charge in [-0.3, -0.25) is 4.57 Å². The zero-order valence-electron chi connectivity index (χ0n) is 18.1. The molecule has 172 valence electrons. The molecule has 0 aliphatic carbocycles. The number of H-pyrrole nitrogens is 1. The molecule has 0 spiro atoms. The second kappa shape index (κ2) is 8.57. The lowest BCUT2D eigenvalue weighted by molar-refractivity contribution is -0.138. The van der Waals surface area contributed by atoms with Gasteiger partial charge in [-0.2, -0.15) is 13.2 Å². The Labute approximate surface area is 187 Å². The lowest BCUT2D eigenvalue weighted by atomic mass is 10.1. The SMILES string of the molecule is CCc1cc(-n2c(=O)[nH]c3cc(C(F)(F)F)c(Oc4ccccc4)cc32)c(OC)cc1OC. The van der Waals surface area contributed by atoms with Crippen molar-refractivity contribution in [3.63, 3.8) is 0 Å². The molecule has 0 saturated carbocycles. The molecule has 0 atom stereocenters. The highest BCUT2D eigenvalue weighted by Crippen LogP contribution is 2.41. The van der Waals surface area contributed by atoms with Gasteiger partial charge in [0.25, 0.3) is 0 Å². The zero-order valence-corrected chi connectivity index (χ0v) is 18.1. The van der Waals surface area contributed by atoms with Gasteiger partial charge in [-0.25, -0.2) is 4.79 Å². The van der Waals surface area contributed by atoms with E-state index in [4.69, 9.17) is 14.2 Å². The Balaban J connectivity index is 1.99. The van der Waals surface area contributed by atoms with E-state index in [1.165, 1.54) is 24.9 Å². The van der Waals surface area contributed by atoms with Gasteiger partial charge in [0, 0.05) is 12.1 Å². The van der Waals surface area contributed by atoms with Gasteiger partial charge < -0.3 is 19.2 Å². The average Bonchev–Trinajstić information content (AvgIpc) is 3.12. The number of aromatic nitrogens is 2. The fourth-order valence-corrected chi connectivity index (χ4v) is 3.69. The van der Waals surface area contributed by atoms with Crippen molar-refractivity contribution in [2.75, 3.05) is 14.2 Å². The molecular formula is C24H21F3N2O4. The van der Waals surface area contributed by atoms with Crippen LogP contribution >= 0.6 is 0 Å². The van der Waals surface area contributed by atoms with Crippen LogP contribution in [-0.2, 0) is 12.6 Å². The number of fused-ring (bicyclic) bond motifs is 1. The fourth-order valence-electron chi connectivity index (χ4n) is 3.69. The maximum absolute atomic E-state index is 13.8. The number of ether oxygens (including phenoxy) is 3. The summed E-state index contributed by atoms with van der Waals surface area (Å²) in [7, 11) is 2.97. The molecule has 1 N–H and O–H groups in total. The highest BCUT2D eigenvalue weighted by Gasteiger charge is 2.36. The summed E-state index contributed by atoms with van der Waals surface area (Å²) in [6.45, 7) is 1.92. The lowest BCUT2D eigenvalue weighted by Gasteiger charge is -2.16. The Morgan fingerprint density at radius 2 is 1.64 bits per heavy atom. The normalized spacial score (nSPS) is 11.6. The Morgan fingerprint density at radius 3 is 2.24 bits per heavy atom. The van der Waals surface area contributed by atoms with Crippen LogP contribution in [0.2, 0.25) is 0 Å². The van der Waals surface area contributed by atoms with Crippen molar-refractivity contribution in [1.82, 2.24) is 9.55 Å². The van der Waals surface area contributed by atoms with Crippen LogP contribution < -0.4 is 19.9 Å². The van der Waals surface area contributed by atoms with Crippen molar-refractivity contribution in [2.45, 2.75) is 19.5 Å². The summed E-state index contributed by atoms with van der Waals surface area (Å²) >= 11 is 0. The highest BCUT2D eigenvalue weighted by molar-refractivity contribution is 5.81. The van der Waals surface area contributed by atoms with Crippen molar-refractivity contribution in [3.05, 3.63) is 76.2 Å². The summed E-state index contributed by atoms with van der Waals surface area (Å²) in [5.41, 5.74) is -0.198. The standard InChI is InChI=1S/C24H21F3N2O4/c1-4-14-10-19(22(32-3)13-20(14)31-2)29-18-12-21(33-15-8-6-5-7-9-15)16(24(25,26)27)11-17(18)28-23(29)30/h5-13H,4H2,1-3H3,(H,28,30). The maximum Gasteiger partial charge on any atom is 0.420 e. The molecule has 0 unspecified atom stereocenters. The van der Waals surface area contributed by atoms with Gasteiger partial charge in [0.2, 0.25) is 0 Å². The molecule has 4 rings (SSSR count). The molecule has 0 aliphatic heterocycles. The topological polar surface area (TPSA) is 65.5 Å². The van der Waals surface area contributed by atoms with Gasteiger partial charge >= 0.3 is 11.9 Å². The van der Waals surface area contributed by atoms with Crippen LogP contribution in [0.5, 0.6) is 23.0 Å². The van der Waals surface area contributed by atoms with Crippen molar-refractivity contribution >= 4 is 11.0 Å². The third-order valence-corrected chi connectivity index (χ3v) is 5.26. The number of nitrogens with zero attached hydrogens (tertiary/aromatic N) is 1. The molecule has 0 fully saturated rings. The third-order valence-electron chi connectivity index (χ3n) is 5.26. The number of hydrogen-bond donors (Lipinski definition) is 1. The van der Waals surface area contributed by atoms with Crippen LogP contribution in [0.15, 0.2) is 59.4 Å². The Bertz CT molecular complexity index is 1360. The van der Waals surface area contributed by atoms with Crippen LogP contribution in [0.4, 0.5) is 13.2 Å². The zero-order chi connectivity index (χ0) is 23.8. The van der Waals surface area contributed by atoms with Crippen molar-refractivity contribution < 1.29 is 27.4 Å². The number of benzene rings is 3. The lowest BCUT2D eigenvalue weighted by Crippen LogP contribution is -2.16. The minimum Gasteiger partial charge on any atom is -0.496 e. The molecule has 6 nitrogen and oxygen atoms in total. The van der Waals surface area contributed by atoms with Crippen LogP contribution in [-0.4, -0.2) is 23.8 Å². The van der Waals surface area contributed by atoms with Gasteiger partial charge in [-0.05, 0) is 36.2 Å². The van der Waals surface area contributed by atoms with E-state index in [0.717, 1.165) is 11.6 Å². The largest absolute Gasteiger partial charge is 0.496 e. The number of alkyl halides is 3. The van der Waals surface area contributed by atoms with Crippen molar-refractivity contribution in [3.8, 4) is 28.7 Å². The average molecular weight is 458 g/mol. The summed E-state index contributed by atoms with van der Waals surface area (Å²) in [6.07, 6.45) is -4.08. The van der Waals surface area contributed by atoms with E-state index in [-0.39, 0.29) is 16.8 Å². The molecule has 1 aromatic heterocycles. The van der Waals surface area contributed by atoms with Crippen molar-refractivity contribution in [2.24, 2.45) is 0 Å². The monoisotopic (exact) mass is 458 g/mol. The molecule has 9 heteroatoms. The molecule has 0 amide bonds. The van der Waals surface area contributed by atoms with E-state index < -0.39 is 23.2 Å². The first-order chi connectivity index (χ1) is 15.8. The number of hydrogen-bond acceptors (Lipinski definition) is 4. The Morgan fingerprint density at radius 1 is 0.939 bits per heavy atom. The van der Waals surface area contributed by atoms with E-state index in [9.17, 15) is 18.0 Å². The minimum absolute atomic E-state index is 0.0173. The number of rotatable bonds is 6. The molecule has 1 heterocycles. The van der Waals surface area contributed by atoms with Gasteiger partial charge in [-0.15, -0.1) is 0 Å². The predicted molar refractivity (Wildman–Crippen MR) is 118 cm³/mol. The molecule has 0 aliphatic rings. The first kappa shape index (κ1) is 22.3. The molecule has 0 radical (unpaired) electrons. The summed E-state index contributed by atoms with van der Waals surface area (Å²) in [5.74, 6) is 0.732. The van der Waals surface area contributed by atoms with Gasteiger partial charge in [0.1, 0.15) is 28.6 Å². The van der Waals surface area contributed by atoms with Crippen LogP contribution in [0, 0.1) is 0 Å². The second-order valence-electron chi connectivity index (χ2n) is 7.23. The minimum atomic E-state index is -4.69. The summed E-state index contributed by atoms with van der Waals surface area (Å²) in [6, 6.07) is 13.6. The quantitative estimate of drug-likeness (QED) is 0.402. The number of imidazole rings is 1. The molecule has 0 saturated heterocycles. The van der Waals surface area contributed by atoms with E-state index in [1.54, 1.807) is 42.5 Å². The van der Waals surface area contributed by atoms with Crippen LogP contribution in [0.1, 0.15) is 18.1 Å². The number of halogens is 3. The summed E-state index contributed by atoms with van der Waals surface area (Å²) < 4.78 is 59.1. The van der Waals surface area contributed by atoms with E-state index in [2.05, 4.69) is 4.98 Å². The summed E-state index contributed by atoms with van der Waals surface area (Å²) in [4.78, 5) is 15.4. The Hall–Kier alpha value is -3.88. The predicted octanol–water partition coefficient (Wildman–Crippen LogP) is 5.71. The number of aryl methyl sites for hydroxylation is 1. The van der Waals surface area contributed by atoms with Gasteiger partial charge in [0.15, 0.2) is 0 Å². The number of para-hydroxylation sites is 1. The molecule has 4 aromatic rings.